The summed E-state index contributed by atoms with van der Waals surface area (Å²) in [7, 11) is 0. The minimum Gasteiger partial charge on any atom is -0.362 e. The zero-order valence-electron chi connectivity index (χ0n) is 9.12. The second-order valence-corrected chi connectivity index (χ2v) is 5.38. The molecule has 2 aliphatic rings. The maximum absolute atomic E-state index is 4.77. The van der Waals surface area contributed by atoms with E-state index in [2.05, 4.69) is 19.2 Å². The smallest absolute Gasteiger partial charge is 0.157 e. The van der Waals surface area contributed by atoms with Crippen LogP contribution >= 0.6 is 11.8 Å². The van der Waals surface area contributed by atoms with Crippen molar-refractivity contribution in [3.05, 3.63) is 0 Å². The maximum atomic E-state index is 4.77. The van der Waals surface area contributed by atoms with Gasteiger partial charge in [0.05, 0.1) is 6.04 Å². The molecule has 2 fully saturated rings. The Bertz CT molecular complexity index is 227. The second-order valence-electron chi connectivity index (χ2n) is 4.29. The summed E-state index contributed by atoms with van der Waals surface area (Å²) in [6, 6.07) is 1.32. The lowest BCUT2D eigenvalue weighted by Crippen LogP contribution is -2.37. The first kappa shape index (κ1) is 10.3. The SMILES string of the molecule is CCC1CCSC(=NC2CC2CC)N1. The molecule has 0 aromatic carbocycles. The summed E-state index contributed by atoms with van der Waals surface area (Å²) < 4.78 is 0. The molecule has 1 N–H and O–H groups in total. The molecule has 1 aliphatic carbocycles. The Balaban J connectivity index is 1.85. The van der Waals surface area contributed by atoms with Crippen molar-refractivity contribution in [1.82, 2.24) is 5.32 Å². The van der Waals surface area contributed by atoms with Crippen molar-refractivity contribution in [2.24, 2.45) is 10.9 Å². The Morgan fingerprint density at radius 1 is 1.43 bits per heavy atom. The third-order valence-corrected chi connectivity index (χ3v) is 4.15. The highest BCUT2D eigenvalue weighted by Gasteiger charge is 2.35. The van der Waals surface area contributed by atoms with E-state index < -0.39 is 0 Å². The number of hydrogen-bond donors (Lipinski definition) is 1. The van der Waals surface area contributed by atoms with E-state index in [1.54, 1.807) is 0 Å². The largest absolute Gasteiger partial charge is 0.362 e. The second kappa shape index (κ2) is 4.56. The van der Waals surface area contributed by atoms with Crippen molar-refractivity contribution in [1.29, 1.82) is 0 Å². The van der Waals surface area contributed by atoms with Gasteiger partial charge in [0.15, 0.2) is 5.17 Å². The van der Waals surface area contributed by atoms with E-state index in [-0.39, 0.29) is 0 Å². The van der Waals surface area contributed by atoms with E-state index in [1.807, 2.05) is 11.8 Å². The highest BCUT2D eigenvalue weighted by Crippen LogP contribution is 2.37. The Morgan fingerprint density at radius 3 is 2.93 bits per heavy atom. The predicted molar refractivity (Wildman–Crippen MR) is 63.9 cm³/mol. The van der Waals surface area contributed by atoms with Crippen molar-refractivity contribution in [3.8, 4) is 0 Å². The van der Waals surface area contributed by atoms with Gasteiger partial charge in [-0.3, -0.25) is 4.99 Å². The number of hydrogen-bond acceptors (Lipinski definition) is 2. The third-order valence-electron chi connectivity index (χ3n) is 3.22. The molecule has 0 amide bonds. The van der Waals surface area contributed by atoms with E-state index in [9.17, 15) is 0 Å². The number of nitrogens with one attached hydrogen (secondary N) is 1. The summed E-state index contributed by atoms with van der Waals surface area (Å²) in [4.78, 5) is 4.77. The monoisotopic (exact) mass is 212 g/mol. The Hall–Kier alpha value is -0.180. The molecular formula is C11H20N2S. The lowest BCUT2D eigenvalue weighted by molar-refractivity contribution is 0.570. The van der Waals surface area contributed by atoms with Gasteiger partial charge in [-0.05, 0) is 25.2 Å². The number of amidine groups is 1. The fraction of sp³-hybridized carbons (Fsp3) is 0.909. The summed E-state index contributed by atoms with van der Waals surface area (Å²) in [5.41, 5.74) is 0. The molecule has 1 aliphatic heterocycles. The number of nitrogens with zero attached hydrogens (tertiary/aromatic N) is 1. The van der Waals surface area contributed by atoms with Gasteiger partial charge >= 0.3 is 0 Å². The first-order chi connectivity index (χ1) is 6.83. The molecule has 0 aromatic rings. The highest BCUT2D eigenvalue weighted by molar-refractivity contribution is 8.13. The standard InChI is InChI=1S/C11H20N2S/c1-3-8-7-10(8)13-11-12-9(4-2)5-6-14-11/h8-10H,3-7H2,1-2H3,(H,12,13). The summed E-state index contributed by atoms with van der Waals surface area (Å²) in [6.45, 7) is 4.51. The lowest BCUT2D eigenvalue weighted by Gasteiger charge is -2.24. The topological polar surface area (TPSA) is 24.4 Å². The molecule has 1 saturated heterocycles. The fourth-order valence-corrected chi connectivity index (χ4v) is 3.00. The van der Waals surface area contributed by atoms with Crippen LogP contribution in [0.1, 0.15) is 39.5 Å². The highest BCUT2D eigenvalue weighted by atomic mass is 32.2. The van der Waals surface area contributed by atoms with E-state index in [1.165, 1.54) is 36.6 Å². The van der Waals surface area contributed by atoms with E-state index in [4.69, 9.17) is 4.99 Å². The van der Waals surface area contributed by atoms with Gasteiger partial charge in [0.25, 0.3) is 0 Å². The van der Waals surface area contributed by atoms with Crippen molar-refractivity contribution in [2.75, 3.05) is 5.75 Å². The molecule has 1 heterocycles. The molecule has 2 rings (SSSR count). The molecule has 80 valence electrons. The van der Waals surface area contributed by atoms with Crippen LogP contribution in [0.25, 0.3) is 0 Å². The molecule has 3 heteroatoms. The van der Waals surface area contributed by atoms with E-state index >= 15 is 0 Å². The molecule has 0 radical (unpaired) electrons. The van der Waals surface area contributed by atoms with E-state index in [0.717, 1.165) is 5.92 Å². The third kappa shape index (κ3) is 2.44. The van der Waals surface area contributed by atoms with Gasteiger partial charge in [0, 0.05) is 11.8 Å². The van der Waals surface area contributed by atoms with Gasteiger partial charge in [0.1, 0.15) is 0 Å². The van der Waals surface area contributed by atoms with Crippen LogP contribution in [0.15, 0.2) is 4.99 Å². The number of aliphatic imine (C=N–C) groups is 1. The predicted octanol–water partition coefficient (Wildman–Crippen LogP) is 2.65. The fourth-order valence-electron chi connectivity index (χ4n) is 1.95. The minimum absolute atomic E-state index is 0.644. The van der Waals surface area contributed by atoms with Crippen LogP contribution in [0.2, 0.25) is 0 Å². The maximum Gasteiger partial charge on any atom is 0.157 e. The molecule has 2 nitrogen and oxygen atoms in total. The zero-order valence-corrected chi connectivity index (χ0v) is 9.94. The quantitative estimate of drug-likeness (QED) is 0.778. The van der Waals surface area contributed by atoms with Crippen LogP contribution in [0, 0.1) is 5.92 Å². The average Bonchev–Trinajstić information content (AvgIpc) is 2.97. The Morgan fingerprint density at radius 2 is 2.29 bits per heavy atom. The van der Waals surface area contributed by atoms with Crippen LogP contribution in [0.4, 0.5) is 0 Å². The van der Waals surface area contributed by atoms with Gasteiger partial charge in [-0.15, -0.1) is 0 Å². The minimum atomic E-state index is 0.644. The molecular weight excluding hydrogens is 192 g/mol. The molecule has 0 aromatic heterocycles. The number of rotatable bonds is 3. The van der Waals surface area contributed by atoms with Crippen LogP contribution < -0.4 is 5.32 Å². The summed E-state index contributed by atoms with van der Waals surface area (Å²) in [5, 5.41) is 4.74. The summed E-state index contributed by atoms with van der Waals surface area (Å²) in [6.07, 6.45) is 5.13. The van der Waals surface area contributed by atoms with Crippen molar-refractivity contribution < 1.29 is 0 Å². The van der Waals surface area contributed by atoms with Gasteiger partial charge < -0.3 is 5.32 Å². The van der Waals surface area contributed by atoms with Crippen LogP contribution in [0.5, 0.6) is 0 Å². The van der Waals surface area contributed by atoms with Crippen LogP contribution in [-0.4, -0.2) is 23.0 Å². The van der Waals surface area contributed by atoms with Gasteiger partial charge in [0.2, 0.25) is 0 Å². The molecule has 3 unspecified atom stereocenters. The molecule has 0 bridgehead atoms. The number of thioether (sulfide) groups is 1. The summed E-state index contributed by atoms with van der Waals surface area (Å²) >= 11 is 1.90. The normalized spacial score (nSPS) is 39.6. The molecule has 0 spiro atoms. The van der Waals surface area contributed by atoms with Gasteiger partial charge in [-0.2, -0.15) is 0 Å². The molecule has 14 heavy (non-hydrogen) atoms. The van der Waals surface area contributed by atoms with Crippen molar-refractivity contribution in [2.45, 2.75) is 51.6 Å². The first-order valence-corrected chi connectivity index (χ1v) is 6.79. The van der Waals surface area contributed by atoms with Gasteiger partial charge in [-0.1, -0.05) is 32.0 Å². The van der Waals surface area contributed by atoms with Crippen molar-refractivity contribution in [3.63, 3.8) is 0 Å². The van der Waals surface area contributed by atoms with E-state index in [0.29, 0.717) is 12.1 Å². The van der Waals surface area contributed by atoms with Crippen LogP contribution in [-0.2, 0) is 0 Å². The van der Waals surface area contributed by atoms with Crippen molar-refractivity contribution >= 4 is 16.9 Å². The lowest BCUT2D eigenvalue weighted by atomic mass is 10.2. The van der Waals surface area contributed by atoms with Gasteiger partial charge in [-0.25, -0.2) is 0 Å². The summed E-state index contributed by atoms with van der Waals surface area (Å²) in [5.74, 6) is 2.13. The molecule has 3 atom stereocenters. The zero-order chi connectivity index (χ0) is 9.97. The average molecular weight is 212 g/mol. The Kier molecular flexibility index (Phi) is 3.37. The Labute approximate surface area is 90.9 Å². The van der Waals surface area contributed by atoms with Crippen LogP contribution in [0.3, 0.4) is 0 Å². The first-order valence-electron chi connectivity index (χ1n) is 5.80. The molecule has 1 saturated carbocycles.